The molecule has 2 atom stereocenters. The molecule has 1 amide bonds. The Hall–Kier alpha value is -1.98. The van der Waals surface area contributed by atoms with E-state index in [1.807, 2.05) is 24.3 Å². The molecular weight excluding hydrogens is 332 g/mol. The summed E-state index contributed by atoms with van der Waals surface area (Å²) in [6, 6.07) is 14.6. The fourth-order valence-corrected chi connectivity index (χ4v) is 4.58. The number of hydrogen-bond donors (Lipinski definition) is 0. The first-order chi connectivity index (χ1) is 11.1. The van der Waals surface area contributed by atoms with Gasteiger partial charge in [0.1, 0.15) is 0 Å². The van der Waals surface area contributed by atoms with Crippen LogP contribution in [-0.4, -0.2) is 21.6 Å². The maximum absolute atomic E-state index is 12.4. The van der Waals surface area contributed by atoms with Crippen LogP contribution in [0.5, 0.6) is 0 Å². The van der Waals surface area contributed by atoms with E-state index in [-0.39, 0.29) is 11.8 Å². The molecule has 2 aromatic carbocycles. The summed E-state index contributed by atoms with van der Waals surface area (Å²) < 4.78 is 12.4. The van der Waals surface area contributed by atoms with Crippen LogP contribution in [0.1, 0.15) is 12.0 Å². The van der Waals surface area contributed by atoms with Gasteiger partial charge in [-0.05, 0) is 30.3 Å². The van der Waals surface area contributed by atoms with Gasteiger partial charge in [0, 0.05) is 33.6 Å². The van der Waals surface area contributed by atoms with Crippen LogP contribution in [0.15, 0.2) is 58.5 Å². The molecule has 116 valence electrons. The molecule has 6 heteroatoms. The molecule has 2 aromatic rings. The average Bonchev–Trinajstić information content (AvgIpc) is 2.56. The van der Waals surface area contributed by atoms with Crippen molar-refractivity contribution in [1.82, 2.24) is 0 Å². The van der Waals surface area contributed by atoms with Gasteiger partial charge in [0.15, 0.2) is 0 Å². The molecule has 2 aliphatic heterocycles. The van der Waals surface area contributed by atoms with Gasteiger partial charge in [-0.3, -0.25) is 9.00 Å². The zero-order valence-electron chi connectivity index (χ0n) is 12.1. The Morgan fingerprint density at radius 1 is 1.13 bits per heavy atom. The minimum atomic E-state index is -1.08. The summed E-state index contributed by atoms with van der Waals surface area (Å²) >= 11 is 5.91. The van der Waals surface area contributed by atoms with Gasteiger partial charge in [0.25, 0.3) is 0 Å². The SMILES string of the molecule is O=C1C[C@H]2CS(=O)c3ccccc3C2=NN1c1ccc(Cl)cc1. The number of anilines is 1. The lowest BCUT2D eigenvalue weighted by molar-refractivity contribution is -0.119. The average molecular weight is 345 g/mol. The number of carbonyl (C=O) groups excluding carboxylic acids is 1. The molecule has 23 heavy (non-hydrogen) atoms. The lowest BCUT2D eigenvalue weighted by Crippen LogP contribution is -2.41. The Morgan fingerprint density at radius 2 is 1.87 bits per heavy atom. The van der Waals surface area contributed by atoms with Gasteiger partial charge in [-0.25, -0.2) is 5.01 Å². The van der Waals surface area contributed by atoms with E-state index in [1.165, 1.54) is 5.01 Å². The molecule has 0 N–H and O–H groups in total. The smallest absolute Gasteiger partial charge is 0.248 e. The zero-order chi connectivity index (χ0) is 16.0. The number of hydrazone groups is 1. The Balaban J connectivity index is 1.83. The third kappa shape index (κ3) is 2.50. The number of benzene rings is 2. The molecular formula is C17H13ClN2O2S. The molecule has 0 aliphatic carbocycles. The van der Waals surface area contributed by atoms with E-state index in [2.05, 4.69) is 5.10 Å². The van der Waals surface area contributed by atoms with Crippen LogP contribution >= 0.6 is 11.6 Å². The first-order valence-electron chi connectivity index (χ1n) is 7.28. The van der Waals surface area contributed by atoms with Crippen molar-refractivity contribution in [3.05, 3.63) is 59.1 Å². The molecule has 0 spiro atoms. The summed E-state index contributed by atoms with van der Waals surface area (Å²) in [4.78, 5) is 13.2. The van der Waals surface area contributed by atoms with Gasteiger partial charge in [-0.1, -0.05) is 29.8 Å². The van der Waals surface area contributed by atoms with Crippen molar-refractivity contribution in [2.24, 2.45) is 11.0 Å². The number of hydrogen-bond acceptors (Lipinski definition) is 3. The van der Waals surface area contributed by atoms with E-state index in [9.17, 15) is 9.00 Å². The fourth-order valence-electron chi connectivity index (χ4n) is 2.98. The van der Waals surface area contributed by atoms with Gasteiger partial charge >= 0.3 is 0 Å². The summed E-state index contributed by atoms with van der Waals surface area (Å²) in [5.74, 6) is 0.287. The van der Waals surface area contributed by atoms with E-state index in [4.69, 9.17) is 11.6 Å². The second-order valence-electron chi connectivity index (χ2n) is 5.58. The number of carbonyl (C=O) groups is 1. The van der Waals surface area contributed by atoms with Crippen molar-refractivity contribution in [2.75, 3.05) is 10.8 Å². The van der Waals surface area contributed by atoms with E-state index < -0.39 is 10.8 Å². The van der Waals surface area contributed by atoms with Crippen LogP contribution in [0.3, 0.4) is 0 Å². The van der Waals surface area contributed by atoms with Crippen molar-refractivity contribution < 1.29 is 9.00 Å². The topological polar surface area (TPSA) is 49.7 Å². The summed E-state index contributed by atoms with van der Waals surface area (Å²) in [5.41, 5.74) is 2.41. The Kier molecular flexibility index (Phi) is 3.54. The number of rotatable bonds is 1. The van der Waals surface area contributed by atoms with Crippen molar-refractivity contribution in [1.29, 1.82) is 0 Å². The van der Waals surface area contributed by atoms with Crippen LogP contribution in [0.25, 0.3) is 0 Å². The van der Waals surface area contributed by atoms with Crippen LogP contribution in [0.2, 0.25) is 5.02 Å². The zero-order valence-corrected chi connectivity index (χ0v) is 13.7. The molecule has 0 saturated carbocycles. The Bertz CT molecular complexity index is 848. The highest BCUT2D eigenvalue weighted by atomic mass is 35.5. The van der Waals surface area contributed by atoms with E-state index in [1.54, 1.807) is 24.3 Å². The minimum Gasteiger partial charge on any atom is -0.273 e. The van der Waals surface area contributed by atoms with Crippen LogP contribution < -0.4 is 5.01 Å². The van der Waals surface area contributed by atoms with Gasteiger partial charge < -0.3 is 0 Å². The summed E-state index contributed by atoms with van der Waals surface area (Å²) in [5, 5.41) is 6.62. The first kappa shape index (κ1) is 14.6. The second-order valence-corrected chi connectivity index (χ2v) is 7.48. The molecule has 0 aromatic heterocycles. The lowest BCUT2D eigenvalue weighted by atomic mass is 9.93. The third-order valence-corrected chi connectivity index (χ3v) is 5.89. The number of fused-ring (bicyclic) bond motifs is 3. The molecule has 2 aliphatic rings. The molecule has 2 heterocycles. The van der Waals surface area contributed by atoms with Crippen LogP contribution in [0, 0.1) is 5.92 Å². The molecule has 0 radical (unpaired) electrons. The monoisotopic (exact) mass is 344 g/mol. The standard InChI is InChI=1S/C17H13ClN2O2S/c18-12-5-7-13(8-6-12)20-16(21)9-11-10-23(22)15-4-2-1-3-14(15)17(11)19-20/h1-8,11H,9-10H2/t11-,23?/m0/s1. The van der Waals surface area contributed by atoms with Crippen molar-refractivity contribution in [2.45, 2.75) is 11.3 Å². The van der Waals surface area contributed by atoms with Crippen molar-refractivity contribution >= 4 is 39.7 Å². The highest BCUT2D eigenvalue weighted by molar-refractivity contribution is 7.85. The Labute approximate surface area is 141 Å². The third-order valence-electron chi connectivity index (χ3n) is 4.08. The number of nitrogens with zero attached hydrogens (tertiary/aromatic N) is 2. The van der Waals surface area contributed by atoms with E-state index in [0.717, 1.165) is 16.2 Å². The van der Waals surface area contributed by atoms with E-state index in [0.29, 0.717) is 22.9 Å². The minimum absolute atomic E-state index is 0.0817. The molecule has 4 rings (SSSR count). The second kappa shape index (κ2) is 5.58. The molecule has 0 fully saturated rings. The molecule has 4 nitrogen and oxygen atoms in total. The van der Waals surface area contributed by atoms with Crippen LogP contribution in [0.4, 0.5) is 5.69 Å². The number of amides is 1. The highest BCUT2D eigenvalue weighted by Gasteiger charge is 2.37. The quantitative estimate of drug-likeness (QED) is 0.797. The summed E-state index contributed by atoms with van der Waals surface area (Å²) in [7, 11) is -1.08. The molecule has 0 saturated heterocycles. The first-order valence-corrected chi connectivity index (χ1v) is 8.98. The van der Waals surface area contributed by atoms with Gasteiger partial charge in [0.05, 0.1) is 22.2 Å². The summed E-state index contributed by atoms with van der Waals surface area (Å²) in [6.07, 6.45) is 0.321. The number of halogens is 1. The normalized spacial score (nSPS) is 23.1. The van der Waals surface area contributed by atoms with Gasteiger partial charge in [-0.2, -0.15) is 5.10 Å². The van der Waals surface area contributed by atoms with Crippen LogP contribution in [-0.2, 0) is 15.6 Å². The molecule has 0 bridgehead atoms. The van der Waals surface area contributed by atoms with Gasteiger partial charge in [-0.15, -0.1) is 0 Å². The van der Waals surface area contributed by atoms with Gasteiger partial charge in [0.2, 0.25) is 5.91 Å². The lowest BCUT2D eigenvalue weighted by Gasteiger charge is -2.32. The fraction of sp³-hybridized carbons (Fsp3) is 0.176. The van der Waals surface area contributed by atoms with Crippen molar-refractivity contribution in [3.8, 4) is 0 Å². The maximum Gasteiger partial charge on any atom is 0.248 e. The largest absolute Gasteiger partial charge is 0.273 e. The van der Waals surface area contributed by atoms with Crippen molar-refractivity contribution in [3.63, 3.8) is 0 Å². The predicted octanol–water partition coefficient (Wildman–Crippen LogP) is 3.22. The summed E-state index contributed by atoms with van der Waals surface area (Å²) in [6.45, 7) is 0. The highest BCUT2D eigenvalue weighted by Crippen LogP contribution is 2.33. The maximum atomic E-state index is 12.4. The molecule has 1 unspecified atom stereocenters. The van der Waals surface area contributed by atoms with E-state index >= 15 is 0 Å². The Morgan fingerprint density at radius 3 is 2.65 bits per heavy atom. The predicted molar refractivity (Wildman–Crippen MR) is 91.3 cm³/mol.